The quantitative estimate of drug-likeness (QED) is 0.644. The first kappa shape index (κ1) is 15.0. The normalized spacial score (nSPS) is 11.3. The molecule has 7 nitrogen and oxygen atoms in total. The Kier molecular flexibility index (Phi) is 4.14. The minimum atomic E-state index is -4.11. The standard InChI is InChI=1S/C9H5Cl2N3O4S2/c10-5-3-6(13-9(11)12-5)14-20(17,18)4-1-2-19-7(4)8(15)16/h1-3H,(H,15,16)(H,12,13,14). The van der Waals surface area contributed by atoms with E-state index >= 15 is 0 Å². The highest BCUT2D eigenvalue weighted by atomic mass is 35.5. The van der Waals surface area contributed by atoms with Crippen molar-refractivity contribution >= 4 is 56.3 Å². The van der Waals surface area contributed by atoms with Crippen LogP contribution in [0.4, 0.5) is 5.82 Å². The maximum atomic E-state index is 12.1. The van der Waals surface area contributed by atoms with E-state index in [1.54, 1.807) is 0 Å². The maximum Gasteiger partial charge on any atom is 0.347 e. The number of anilines is 1. The molecule has 0 unspecified atom stereocenters. The van der Waals surface area contributed by atoms with Gasteiger partial charge in [0.15, 0.2) is 0 Å². The molecular weight excluding hydrogens is 349 g/mol. The Balaban J connectivity index is 2.41. The van der Waals surface area contributed by atoms with E-state index in [0.717, 1.165) is 17.4 Å². The number of halogens is 2. The summed E-state index contributed by atoms with van der Waals surface area (Å²) in [4.78, 5) is 17.5. The van der Waals surface area contributed by atoms with Crippen molar-refractivity contribution in [3.63, 3.8) is 0 Å². The predicted molar refractivity (Wildman–Crippen MR) is 74.1 cm³/mol. The molecule has 0 aromatic carbocycles. The maximum absolute atomic E-state index is 12.1. The van der Waals surface area contributed by atoms with Crippen LogP contribution >= 0.6 is 34.5 Å². The van der Waals surface area contributed by atoms with E-state index in [9.17, 15) is 13.2 Å². The molecule has 0 aliphatic carbocycles. The van der Waals surface area contributed by atoms with Crippen LogP contribution in [-0.2, 0) is 10.0 Å². The van der Waals surface area contributed by atoms with Gasteiger partial charge in [0, 0.05) is 6.07 Å². The summed E-state index contributed by atoms with van der Waals surface area (Å²) in [5, 5.41) is 9.99. The molecule has 2 N–H and O–H groups in total. The van der Waals surface area contributed by atoms with Gasteiger partial charge in [0.2, 0.25) is 5.28 Å². The van der Waals surface area contributed by atoms with Crippen LogP contribution < -0.4 is 4.72 Å². The number of hydrogen-bond donors (Lipinski definition) is 2. The smallest absolute Gasteiger partial charge is 0.347 e. The van der Waals surface area contributed by atoms with Gasteiger partial charge in [-0.25, -0.2) is 18.2 Å². The van der Waals surface area contributed by atoms with Crippen molar-refractivity contribution in [2.24, 2.45) is 0 Å². The fourth-order valence-corrected chi connectivity index (χ4v) is 3.96. The molecule has 20 heavy (non-hydrogen) atoms. The molecule has 0 spiro atoms. The first-order valence-corrected chi connectivity index (χ1v) is 7.95. The highest BCUT2D eigenvalue weighted by molar-refractivity contribution is 7.93. The number of rotatable bonds is 4. The zero-order valence-electron chi connectivity index (χ0n) is 9.37. The third kappa shape index (κ3) is 3.18. The Labute approximate surface area is 127 Å². The summed E-state index contributed by atoms with van der Waals surface area (Å²) < 4.78 is 26.3. The fourth-order valence-electron chi connectivity index (χ4n) is 1.30. The van der Waals surface area contributed by atoms with Gasteiger partial charge >= 0.3 is 5.97 Å². The summed E-state index contributed by atoms with van der Waals surface area (Å²) in [7, 11) is -4.11. The SMILES string of the molecule is O=C(O)c1sccc1S(=O)(=O)Nc1cc(Cl)nc(Cl)n1. The summed E-state index contributed by atoms with van der Waals surface area (Å²) in [6.45, 7) is 0. The largest absolute Gasteiger partial charge is 0.477 e. The lowest BCUT2D eigenvalue weighted by molar-refractivity contribution is 0.0698. The van der Waals surface area contributed by atoms with Crippen LogP contribution in [0.3, 0.4) is 0 Å². The van der Waals surface area contributed by atoms with Gasteiger partial charge in [0.1, 0.15) is 20.7 Å². The molecule has 0 bridgehead atoms. The number of thiophene rings is 1. The summed E-state index contributed by atoms with van der Waals surface area (Å²) in [5.74, 6) is -1.49. The zero-order valence-corrected chi connectivity index (χ0v) is 12.5. The van der Waals surface area contributed by atoms with Gasteiger partial charge in [0.05, 0.1) is 0 Å². The molecule has 0 saturated heterocycles. The van der Waals surface area contributed by atoms with Gasteiger partial charge in [-0.2, -0.15) is 4.98 Å². The van der Waals surface area contributed by atoms with Crippen molar-refractivity contribution < 1.29 is 18.3 Å². The second-order valence-corrected chi connectivity index (χ2v) is 6.66. The van der Waals surface area contributed by atoms with E-state index in [4.69, 9.17) is 28.3 Å². The van der Waals surface area contributed by atoms with Crippen LogP contribution in [0.1, 0.15) is 9.67 Å². The lowest BCUT2D eigenvalue weighted by atomic mass is 10.5. The van der Waals surface area contributed by atoms with Gasteiger partial charge < -0.3 is 5.11 Å². The summed E-state index contributed by atoms with van der Waals surface area (Å²) >= 11 is 12.0. The van der Waals surface area contributed by atoms with Gasteiger partial charge in [-0.1, -0.05) is 11.6 Å². The van der Waals surface area contributed by atoms with Crippen LogP contribution in [0.15, 0.2) is 22.4 Å². The Morgan fingerprint density at radius 2 is 2.05 bits per heavy atom. The number of carboxylic acid groups (broad SMARTS) is 1. The van der Waals surface area contributed by atoms with E-state index in [0.29, 0.717) is 0 Å². The minimum absolute atomic E-state index is 0.0496. The molecule has 2 heterocycles. The van der Waals surface area contributed by atoms with Gasteiger partial charge in [-0.15, -0.1) is 11.3 Å². The second-order valence-electron chi connectivity index (χ2n) is 3.37. The number of carbonyl (C=O) groups is 1. The van der Waals surface area contributed by atoms with Crippen LogP contribution in [0.25, 0.3) is 0 Å². The number of sulfonamides is 1. The summed E-state index contributed by atoms with van der Waals surface area (Å²) in [6, 6.07) is 2.33. The number of carboxylic acids is 1. The molecule has 0 aliphatic heterocycles. The van der Waals surface area contributed by atoms with Crippen molar-refractivity contribution in [3.05, 3.63) is 32.8 Å². The molecule has 2 rings (SSSR count). The number of hydrogen-bond acceptors (Lipinski definition) is 6. The topological polar surface area (TPSA) is 109 Å². The molecule has 2 aromatic heterocycles. The van der Waals surface area contributed by atoms with Crippen LogP contribution in [0.2, 0.25) is 10.4 Å². The average Bonchev–Trinajstić information content (AvgIpc) is 2.75. The Bertz CT molecular complexity index is 755. The molecule has 0 fully saturated rings. The van der Waals surface area contributed by atoms with Crippen molar-refractivity contribution in [1.29, 1.82) is 0 Å². The molecule has 0 radical (unpaired) electrons. The lowest BCUT2D eigenvalue weighted by Gasteiger charge is -2.07. The number of nitrogens with one attached hydrogen (secondary N) is 1. The van der Waals surface area contributed by atoms with Gasteiger partial charge in [-0.05, 0) is 23.0 Å². The number of nitrogens with zero attached hydrogens (tertiary/aromatic N) is 2. The second kappa shape index (κ2) is 5.52. The minimum Gasteiger partial charge on any atom is -0.477 e. The molecule has 0 aliphatic rings. The van der Waals surface area contributed by atoms with Crippen LogP contribution in [0, 0.1) is 0 Å². The molecular formula is C9H5Cl2N3O4S2. The number of aromatic nitrogens is 2. The van der Waals surface area contributed by atoms with Crippen molar-refractivity contribution in [1.82, 2.24) is 9.97 Å². The third-order valence-corrected chi connectivity index (χ3v) is 4.81. The Hall–Kier alpha value is -1.42. The highest BCUT2D eigenvalue weighted by Gasteiger charge is 2.24. The molecule has 0 amide bonds. The van der Waals surface area contributed by atoms with Crippen LogP contribution in [0.5, 0.6) is 0 Å². The molecule has 2 aromatic rings. The molecule has 11 heteroatoms. The first-order chi connectivity index (χ1) is 9.29. The lowest BCUT2D eigenvalue weighted by Crippen LogP contribution is -2.16. The molecule has 106 valence electrons. The zero-order chi connectivity index (χ0) is 14.9. The monoisotopic (exact) mass is 353 g/mol. The van der Waals surface area contributed by atoms with E-state index in [1.165, 1.54) is 11.4 Å². The Morgan fingerprint density at radius 1 is 1.35 bits per heavy atom. The summed E-state index contributed by atoms with van der Waals surface area (Å²) in [5.41, 5.74) is 0. The van der Waals surface area contributed by atoms with E-state index in [1.807, 2.05) is 0 Å². The van der Waals surface area contributed by atoms with Crippen molar-refractivity contribution in [2.45, 2.75) is 4.90 Å². The fraction of sp³-hybridized carbons (Fsp3) is 0. The van der Waals surface area contributed by atoms with Crippen LogP contribution in [-0.4, -0.2) is 29.5 Å². The third-order valence-electron chi connectivity index (χ3n) is 2.02. The average molecular weight is 354 g/mol. The van der Waals surface area contributed by atoms with Crippen molar-refractivity contribution in [3.8, 4) is 0 Å². The van der Waals surface area contributed by atoms with Crippen molar-refractivity contribution in [2.75, 3.05) is 4.72 Å². The van der Waals surface area contributed by atoms with Gasteiger partial charge in [-0.3, -0.25) is 4.72 Å². The predicted octanol–water partition coefficient (Wildman–Crippen LogP) is 2.34. The van der Waals surface area contributed by atoms with E-state index < -0.39 is 16.0 Å². The number of aromatic carboxylic acids is 1. The summed E-state index contributed by atoms with van der Waals surface area (Å²) in [6.07, 6.45) is 0. The van der Waals surface area contributed by atoms with Gasteiger partial charge in [0.25, 0.3) is 10.0 Å². The highest BCUT2D eigenvalue weighted by Crippen LogP contribution is 2.24. The first-order valence-electron chi connectivity index (χ1n) is 4.83. The molecule has 0 saturated carbocycles. The molecule has 0 atom stereocenters. The van der Waals surface area contributed by atoms with E-state index in [-0.39, 0.29) is 26.0 Å². The Morgan fingerprint density at radius 3 is 2.65 bits per heavy atom. The van der Waals surface area contributed by atoms with E-state index in [2.05, 4.69) is 14.7 Å².